The van der Waals surface area contributed by atoms with Gasteiger partial charge in [0.05, 0.1) is 29.0 Å². The number of ether oxygens (including phenoxy) is 1. The van der Waals surface area contributed by atoms with Crippen LogP contribution >= 0.6 is 11.8 Å². The summed E-state index contributed by atoms with van der Waals surface area (Å²) in [5.74, 6) is 0.663. The molecular weight excluding hydrogens is 246 g/mol. The molecule has 98 valence electrons. The van der Waals surface area contributed by atoms with Crippen LogP contribution in [0.3, 0.4) is 0 Å². The average Bonchev–Trinajstić information content (AvgIpc) is 3.12. The minimum Gasteiger partial charge on any atom is -0.387 e. The van der Waals surface area contributed by atoms with Crippen molar-refractivity contribution in [3.8, 4) is 0 Å². The van der Waals surface area contributed by atoms with Crippen LogP contribution in [0.4, 0.5) is 11.4 Å². The number of hydrogen-bond donors (Lipinski definition) is 2. The largest absolute Gasteiger partial charge is 0.387 e. The molecular formula is C13H19N3OS. The van der Waals surface area contributed by atoms with Gasteiger partial charge in [0.25, 0.3) is 0 Å². The Labute approximate surface area is 112 Å². The molecule has 0 saturated heterocycles. The zero-order valence-electron chi connectivity index (χ0n) is 11.0. The Morgan fingerprint density at radius 1 is 1.56 bits per heavy atom. The van der Waals surface area contributed by atoms with Crippen LogP contribution in [-0.2, 0) is 4.74 Å². The van der Waals surface area contributed by atoms with E-state index in [1.54, 1.807) is 18.9 Å². The van der Waals surface area contributed by atoms with E-state index in [-0.39, 0.29) is 6.10 Å². The smallest absolute Gasteiger partial charge is 0.122 e. The summed E-state index contributed by atoms with van der Waals surface area (Å²) in [5.41, 5.74) is 3.50. The summed E-state index contributed by atoms with van der Waals surface area (Å²) in [4.78, 5) is 4.52. The third-order valence-corrected chi connectivity index (χ3v) is 4.58. The Morgan fingerprint density at radius 3 is 2.94 bits per heavy atom. The number of fused-ring (bicyclic) bond motifs is 1. The van der Waals surface area contributed by atoms with Gasteiger partial charge in [0.15, 0.2) is 0 Å². The number of thioether (sulfide) groups is 1. The summed E-state index contributed by atoms with van der Waals surface area (Å²) in [7, 11) is 3.75. The first-order valence-electron chi connectivity index (χ1n) is 6.41. The molecule has 3 rings (SSSR count). The Bertz CT molecular complexity index is 462. The molecule has 0 aromatic carbocycles. The van der Waals surface area contributed by atoms with E-state index in [2.05, 4.69) is 22.5 Å². The van der Waals surface area contributed by atoms with E-state index in [0.717, 1.165) is 16.4 Å². The van der Waals surface area contributed by atoms with Crippen molar-refractivity contribution in [2.45, 2.75) is 36.3 Å². The molecule has 4 nitrogen and oxygen atoms in total. The lowest BCUT2D eigenvalue weighted by Gasteiger charge is -2.21. The highest BCUT2D eigenvalue weighted by atomic mass is 32.2. The molecule has 1 aliphatic heterocycles. The van der Waals surface area contributed by atoms with Crippen molar-refractivity contribution in [1.82, 2.24) is 4.98 Å². The zero-order valence-corrected chi connectivity index (χ0v) is 11.8. The van der Waals surface area contributed by atoms with Gasteiger partial charge in [-0.05, 0) is 25.7 Å². The molecule has 0 radical (unpaired) electrons. The predicted octanol–water partition coefficient (Wildman–Crippen LogP) is 3.08. The Morgan fingerprint density at radius 2 is 2.33 bits per heavy atom. The SMILES string of the molecule is CNc1cnc2c(c1C(OC)C1CC1)NC(C)S2. The summed E-state index contributed by atoms with van der Waals surface area (Å²) < 4.78 is 5.75. The number of rotatable bonds is 4. The molecule has 1 aromatic rings. The normalized spacial score (nSPS) is 23.4. The lowest BCUT2D eigenvalue weighted by atomic mass is 10.0. The summed E-state index contributed by atoms with van der Waals surface area (Å²) in [6.45, 7) is 2.16. The molecule has 1 saturated carbocycles. The lowest BCUT2D eigenvalue weighted by Crippen LogP contribution is -2.12. The number of nitrogens with zero attached hydrogens (tertiary/aromatic N) is 1. The van der Waals surface area contributed by atoms with Crippen molar-refractivity contribution in [1.29, 1.82) is 0 Å². The summed E-state index contributed by atoms with van der Waals surface area (Å²) >= 11 is 1.78. The van der Waals surface area contributed by atoms with Crippen molar-refractivity contribution in [3.05, 3.63) is 11.8 Å². The van der Waals surface area contributed by atoms with Crippen LogP contribution in [0.25, 0.3) is 0 Å². The Balaban J connectivity index is 2.07. The van der Waals surface area contributed by atoms with Crippen molar-refractivity contribution in [3.63, 3.8) is 0 Å². The summed E-state index contributed by atoms with van der Waals surface area (Å²) in [6, 6.07) is 0. The number of nitrogens with one attached hydrogen (secondary N) is 2. The number of aromatic nitrogens is 1. The van der Waals surface area contributed by atoms with E-state index in [4.69, 9.17) is 4.74 Å². The minimum absolute atomic E-state index is 0.183. The highest BCUT2D eigenvalue weighted by molar-refractivity contribution is 8.00. The number of methoxy groups -OCH3 is 1. The Hall–Kier alpha value is -0.940. The molecule has 5 heteroatoms. The van der Waals surface area contributed by atoms with Crippen LogP contribution in [0.5, 0.6) is 0 Å². The molecule has 18 heavy (non-hydrogen) atoms. The second kappa shape index (κ2) is 4.63. The van der Waals surface area contributed by atoms with Crippen LogP contribution in [0.15, 0.2) is 11.2 Å². The van der Waals surface area contributed by atoms with Gasteiger partial charge in [0.1, 0.15) is 5.03 Å². The number of anilines is 2. The first-order valence-corrected chi connectivity index (χ1v) is 7.29. The van der Waals surface area contributed by atoms with Gasteiger partial charge in [-0.1, -0.05) is 11.8 Å². The first kappa shape index (κ1) is 12.1. The highest BCUT2D eigenvalue weighted by Gasteiger charge is 2.37. The minimum atomic E-state index is 0.183. The van der Waals surface area contributed by atoms with Gasteiger partial charge in [-0.25, -0.2) is 4.98 Å². The topological polar surface area (TPSA) is 46.2 Å². The van der Waals surface area contributed by atoms with E-state index < -0.39 is 0 Å². The van der Waals surface area contributed by atoms with Gasteiger partial charge >= 0.3 is 0 Å². The Kier molecular flexibility index (Phi) is 3.11. The third kappa shape index (κ3) is 1.95. The number of hydrogen-bond acceptors (Lipinski definition) is 5. The van der Waals surface area contributed by atoms with Crippen LogP contribution in [0.2, 0.25) is 0 Å². The summed E-state index contributed by atoms with van der Waals surface area (Å²) in [6.07, 6.45) is 4.64. The van der Waals surface area contributed by atoms with E-state index in [9.17, 15) is 0 Å². The maximum atomic E-state index is 5.75. The molecule has 0 bridgehead atoms. The van der Waals surface area contributed by atoms with Crippen LogP contribution in [0, 0.1) is 5.92 Å². The molecule has 2 unspecified atom stereocenters. The average molecular weight is 265 g/mol. The fourth-order valence-corrected chi connectivity index (χ4v) is 3.49. The van der Waals surface area contributed by atoms with Gasteiger partial charge < -0.3 is 15.4 Å². The van der Waals surface area contributed by atoms with E-state index in [1.165, 1.54) is 18.4 Å². The predicted molar refractivity (Wildman–Crippen MR) is 75.2 cm³/mol. The maximum Gasteiger partial charge on any atom is 0.122 e. The van der Waals surface area contributed by atoms with Gasteiger partial charge in [-0.15, -0.1) is 0 Å². The molecule has 1 fully saturated rings. The maximum absolute atomic E-state index is 5.75. The van der Waals surface area contributed by atoms with Crippen LogP contribution in [-0.4, -0.2) is 24.5 Å². The molecule has 1 aliphatic carbocycles. The van der Waals surface area contributed by atoms with Crippen molar-refractivity contribution >= 4 is 23.1 Å². The first-order chi connectivity index (χ1) is 8.74. The monoisotopic (exact) mass is 265 g/mol. The van der Waals surface area contributed by atoms with Gasteiger partial charge in [-0.3, -0.25) is 0 Å². The second-order valence-corrected chi connectivity index (χ2v) is 6.24. The second-order valence-electron chi connectivity index (χ2n) is 4.91. The molecule has 0 amide bonds. The van der Waals surface area contributed by atoms with E-state index in [0.29, 0.717) is 11.3 Å². The molecule has 2 atom stereocenters. The lowest BCUT2D eigenvalue weighted by molar-refractivity contribution is 0.0855. The van der Waals surface area contributed by atoms with Crippen LogP contribution in [0.1, 0.15) is 31.4 Å². The van der Waals surface area contributed by atoms with Crippen molar-refractivity contribution in [2.75, 3.05) is 24.8 Å². The summed E-state index contributed by atoms with van der Waals surface area (Å²) in [5, 5.41) is 8.25. The fraction of sp³-hybridized carbons (Fsp3) is 0.615. The standard InChI is InChI=1S/C13H19N3OS/c1-7-16-11-10(12(17-3)8-4-5-8)9(14-2)6-15-13(11)18-7/h6-8,12,14,16H,4-5H2,1-3H3. The third-order valence-electron chi connectivity index (χ3n) is 3.58. The molecule has 1 aromatic heterocycles. The van der Waals surface area contributed by atoms with Crippen LogP contribution < -0.4 is 10.6 Å². The fourth-order valence-electron chi connectivity index (χ4n) is 2.58. The molecule has 2 aliphatic rings. The quantitative estimate of drug-likeness (QED) is 0.876. The van der Waals surface area contributed by atoms with Gasteiger partial charge in [0.2, 0.25) is 0 Å². The van der Waals surface area contributed by atoms with Gasteiger partial charge in [-0.2, -0.15) is 0 Å². The number of pyridine rings is 1. The van der Waals surface area contributed by atoms with E-state index in [1.807, 2.05) is 13.2 Å². The molecule has 2 heterocycles. The van der Waals surface area contributed by atoms with Gasteiger partial charge in [0, 0.05) is 19.7 Å². The van der Waals surface area contributed by atoms with E-state index >= 15 is 0 Å². The zero-order chi connectivity index (χ0) is 12.7. The molecule has 2 N–H and O–H groups in total. The molecule has 0 spiro atoms. The van der Waals surface area contributed by atoms with Crippen molar-refractivity contribution in [2.24, 2.45) is 5.92 Å². The van der Waals surface area contributed by atoms with Crippen molar-refractivity contribution < 1.29 is 4.74 Å². The highest BCUT2D eigenvalue weighted by Crippen LogP contribution is 2.51.